The minimum atomic E-state index is -0.213. The summed E-state index contributed by atoms with van der Waals surface area (Å²) in [6, 6.07) is 11.7. The number of aryl methyl sites for hydroxylation is 1. The average Bonchev–Trinajstić information content (AvgIpc) is 3.65. The van der Waals surface area contributed by atoms with Gasteiger partial charge < -0.3 is 14.5 Å². The molecular weight excluding hydrogens is 518 g/mol. The third-order valence-electron chi connectivity index (χ3n) is 6.98. The lowest BCUT2D eigenvalue weighted by Crippen LogP contribution is -2.48. The molecule has 0 N–H and O–H groups in total. The molecule has 0 aliphatic carbocycles. The Balaban J connectivity index is 1.18. The maximum atomic E-state index is 12.7. The number of hydrogen-bond acceptors (Lipinski definition) is 8. The fourth-order valence-electron chi connectivity index (χ4n) is 4.83. The summed E-state index contributed by atoms with van der Waals surface area (Å²) < 4.78 is 8.59. The van der Waals surface area contributed by atoms with Crippen molar-refractivity contribution in [3.05, 3.63) is 78.6 Å². The molecule has 6 rings (SSSR count). The number of anilines is 1. The molecule has 1 aliphatic heterocycles. The van der Waals surface area contributed by atoms with Gasteiger partial charge in [-0.2, -0.15) is 15.5 Å². The number of rotatable bonds is 4. The summed E-state index contributed by atoms with van der Waals surface area (Å²) in [4.78, 5) is 25.4. The zero-order valence-corrected chi connectivity index (χ0v) is 22.5. The number of nitriles is 1. The van der Waals surface area contributed by atoms with Crippen molar-refractivity contribution in [1.82, 2.24) is 34.3 Å². The lowest BCUT2D eigenvalue weighted by atomic mass is 10.0. The van der Waals surface area contributed by atoms with Crippen molar-refractivity contribution in [1.29, 1.82) is 5.26 Å². The maximum absolute atomic E-state index is 12.7. The lowest BCUT2D eigenvalue weighted by Gasteiger charge is -2.34. The molecule has 0 aromatic carbocycles. The summed E-state index contributed by atoms with van der Waals surface area (Å²) in [7, 11) is 3.41. The summed E-state index contributed by atoms with van der Waals surface area (Å²) in [5.41, 5.74) is 5.52. The molecule has 5 aromatic heterocycles. The van der Waals surface area contributed by atoms with Crippen molar-refractivity contribution in [2.45, 2.75) is 0 Å². The first-order valence-corrected chi connectivity index (χ1v) is 13.0. The molecule has 0 unspecified atom stereocenters. The van der Waals surface area contributed by atoms with Gasteiger partial charge in [-0.1, -0.05) is 5.92 Å². The Kier molecular flexibility index (Phi) is 6.76. The fourth-order valence-corrected chi connectivity index (χ4v) is 4.83. The number of ether oxygens (including phenoxy) is 1. The van der Waals surface area contributed by atoms with Crippen LogP contribution in [0.5, 0.6) is 5.88 Å². The zero-order valence-electron chi connectivity index (χ0n) is 22.5. The van der Waals surface area contributed by atoms with Gasteiger partial charge >= 0.3 is 0 Å². The molecule has 0 atom stereocenters. The quantitative estimate of drug-likeness (QED) is 0.318. The van der Waals surface area contributed by atoms with E-state index in [1.807, 2.05) is 43.8 Å². The summed E-state index contributed by atoms with van der Waals surface area (Å²) in [5.74, 6) is 6.69. The summed E-state index contributed by atoms with van der Waals surface area (Å²) >= 11 is 0. The van der Waals surface area contributed by atoms with Gasteiger partial charge in [0.05, 0.1) is 30.6 Å². The molecule has 11 heteroatoms. The molecule has 11 nitrogen and oxygen atoms in total. The molecule has 0 saturated carbocycles. The van der Waals surface area contributed by atoms with E-state index in [1.54, 1.807) is 44.8 Å². The number of carbonyl (C=O) groups is 1. The minimum absolute atomic E-state index is 0.213. The smallest absolute Gasteiger partial charge is 0.298 e. The monoisotopic (exact) mass is 543 g/mol. The van der Waals surface area contributed by atoms with Crippen molar-refractivity contribution in [2.75, 3.05) is 38.2 Å². The van der Waals surface area contributed by atoms with E-state index in [2.05, 4.69) is 38.0 Å². The van der Waals surface area contributed by atoms with E-state index in [9.17, 15) is 10.1 Å². The molecule has 0 bridgehead atoms. The van der Waals surface area contributed by atoms with E-state index < -0.39 is 0 Å². The van der Waals surface area contributed by atoms with Crippen LogP contribution in [0.3, 0.4) is 0 Å². The molecule has 0 radical (unpaired) electrons. The van der Waals surface area contributed by atoms with Gasteiger partial charge in [0, 0.05) is 97.8 Å². The van der Waals surface area contributed by atoms with Crippen LogP contribution < -0.4 is 9.64 Å². The molecule has 1 amide bonds. The van der Waals surface area contributed by atoms with E-state index in [-0.39, 0.29) is 5.91 Å². The van der Waals surface area contributed by atoms with Gasteiger partial charge in [0.1, 0.15) is 11.9 Å². The van der Waals surface area contributed by atoms with E-state index in [0.29, 0.717) is 43.2 Å². The van der Waals surface area contributed by atoms with Crippen molar-refractivity contribution in [2.24, 2.45) is 7.05 Å². The van der Waals surface area contributed by atoms with E-state index in [4.69, 9.17) is 9.72 Å². The number of nitrogens with zero attached hydrogens (tertiary/aromatic N) is 9. The van der Waals surface area contributed by atoms with Crippen molar-refractivity contribution < 1.29 is 9.53 Å². The lowest BCUT2D eigenvalue weighted by molar-refractivity contribution is -0.125. The summed E-state index contributed by atoms with van der Waals surface area (Å²) in [6.45, 7) is 2.38. The molecule has 1 fully saturated rings. The Hall–Kier alpha value is -5.68. The van der Waals surface area contributed by atoms with Gasteiger partial charge in [-0.05, 0) is 24.3 Å². The average molecular weight is 544 g/mol. The summed E-state index contributed by atoms with van der Waals surface area (Å²) in [5, 5.41) is 18.4. The molecule has 1 aliphatic rings. The molecule has 6 heterocycles. The number of piperazine rings is 1. The first-order chi connectivity index (χ1) is 20.0. The number of aromatic nitrogens is 6. The number of methoxy groups -OCH3 is 1. The first kappa shape index (κ1) is 25.6. The van der Waals surface area contributed by atoms with Gasteiger partial charge in [0.25, 0.3) is 5.91 Å². The minimum Gasteiger partial charge on any atom is -0.481 e. The molecular formula is C30H25N9O2. The van der Waals surface area contributed by atoms with E-state index >= 15 is 0 Å². The standard InChI is InChI=1S/C30H25N9O2/c1-36-19-25(18-34-36)23-14-26(30-24(15-31)17-35-39(30)20-23)22-4-5-27(33-16-22)37-9-11-38(12-10-37)29(40)6-3-21-7-8-32-28(13-21)41-2/h4-5,7-8,13-14,16-20H,9-12H2,1-2H3. The van der Waals surface area contributed by atoms with Crippen LogP contribution in [0.2, 0.25) is 0 Å². The van der Waals surface area contributed by atoms with Crippen LogP contribution in [-0.4, -0.2) is 73.5 Å². The van der Waals surface area contributed by atoms with Crippen LogP contribution >= 0.6 is 0 Å². The van der Waals surface area contributed by atoms with E-state index in [0.717, 1.165) is 33.6 Å². The molecule has 1 saturated heterocycles. The number of pyridine rings is 3. The Morgan fingerprint density at radius 3 is 2.51 bits per heavy atom. The Morgan fingerprint density at radius 1 is 0.951 bits per heavy atom. The van der Waals surface area contributed by atoms with Gasteiger partial charge in [-0.15, -0.1) is 0 Å². The van der Waals surface area contributed by atoms with Gasteiger partial charge in [0.2, 0.25) is 5.88 Å². The summed E-state index contributed by atoms with van der Waals surface area (Å²) in [6.07, 6.45) is 10.6. The maximum Gasteiger partial charge on any atom is 0.298 e. The van der Waals surface area contributed by atoms with Gasteiger partial charge in [-0.25, -0.2) is 14.5 Å². The van der Waals surface area contributed by atoms with Crippen molar-refractivity contribution in [3.8, 4) is 46.0 Å². The van der Waals surface area contributed by atoms with Crippen LogP contribution in [0.25, 0.3) is 27.8 Å². The van der Waals surface area contributed by atoms with Crippen LogP contribution in [0.4, 0.5) is 5.82 Å². The highest BCUT2D eigenvalue weighted by Crippen LogP contribution is 2.32. The highest BCUT2D eigenvalue weighted by atomic mass is 16.5. The van der Waals surface area contributed by atoms with Gasteiger partial charge in [-0.3, -0.25) is 9.48 Å². The second-order valence-electron chi connectivity index (χ2n) is 9.53. The van der Waals surface area contributed by atoms with Crippen molar-refractivity contribution in [3.63, 3.8) is 0 Å². The van der Waals surface area contributed by atoms with Gasteiger partial charge in [0.15, 0.2) is 0 Å². The Bertz CT molecular complexity index is 1850. The zero-order chi connectivity index (χ0) is 28.3. The number of fused-ring (bicyclic) bond motifs is 1. The topological polar surface area (TPSA) is 117 Å². The van der Waals surface area contributed by atoms with Crippen LogP contribution in [0, 0.1) is 23.2 Å². The number of amides is 1. The van der Waals surface area contributed by atoms with Crippen LogP contribution in [0.15, 0.2) is 67.5 Å². The third-order valence-corrected chi connectivity index (χ3v) is 6.98. The largest absolute Gasteiger partial charge is 0.481 e. The highest BCUT2D eigenvalue weighted by molar-refractivity contribution is 5.94. The molecule has 41 heavy (non-hydrogen) atoms. The predicted octanol–water partition coefficient (Wildman–Crippen LogP) is 2.77. The van der Waals surface area contributed by atoms with E-state index in [1.165, 1.54) is 7.11 Å². The third kappa shape index (κ3) is 5.16. The predicted molar refractivity (Wildman–Crippen MR) is 152 cm³/mol. The van der Waals surface area contributed by atoms with Crippen molar-refractivity contribution >= 4 is 17.2 Å². The molecule has 5 aromatic rings. The molecule has 0 spiro atoms. The molecule has 202 valence electrons. The fraction of sp³-hybridized carbons (Fsp3) is 0.200. The second kappa shape index (κ2) is 10.8. The second-order valence-corrected chi connectivity index (χ2v) is 9.53. The van der Waals surface area contributed by atoms with Crippen LogP contribution in [-0.2, 0) is 11.8 Å². The number of hydrogen-bond donors (Lipinski definition) is 0. The number of carbonyl (C=O) groups excluding carboxylic acids is 1. The SMILES string of the molecule is COc1cc(C#CC(=O)N2CCN(c3ccc(-c4cc(-c5cnn(C)c5)cn5ncc(C#N)c45)cn3)CC2)ccn1. The van der Waals surface area contributed by atoms with Crippen LogP contribution in [0.1, 0.15) is 11.1 Å². The highest BCUT2D eigenvalue weighted by Gasteiger charge is 2.21. The Labute approximate surface area is 236 Å². The normalized spacial score (nSPS) is 13.0. The Morgan fingerprint density at radius 2 is 1.80 bits per heavy atom. The first-order valence-electron chi connectivity index (χ1n) is 13.0.